The van der Waals surface area contributed by atoms with E-state index < -0.39 is 13.9 Å². The second kappa shape index (κ2) is 44.3. The SMILES string of the molecule is CC/C=C\C/C=C\C/C=C\C/C=C\CCCCCOCC(COP(=O)(O)OCC[N+](C)(C)C)OC(=O)CCCCCCCCCC/C=C\C/C=C\C/C=C\CCCCCCC. The molecule has 1 N–H and O–H groups in total. The molecule has 0 heterocycles. The third kappa shape index (κ3) is 48.6. The van der Waals surface area contributed by atoms with Crippen molar-refractivity contribution >= 4 is 13.8 Å². The van der Waals surface area contributed by atoms with Gasteiger partial charge >= 0.3 is 13.8 Å². The Balaban J connectivity index is 4.24. The number of carbonyl (C=O) groups is 1. The van der Waals surface area contributed by atoms with Crippen LogP contribution in [0.25, 0.3) is 0 Å². The molecule has 0 aromatic rings. The summed E-state index contributed by atoms with van der Waals surface area (Å²) in [6.45, 7) is 5.39. The first kappa shape index (κ1) is 58.7. The summed E-state index contributed by atoms with van der Waals surface area (Å²) in [6, 6.07) is 0. The number of allylic oxidation sites excluding steroid dienone is 14. The average molecular weight is 875 g/mol. The minimum absolute atomic E-state index is 0.0759. The molecule has 2 atom stereocenters. The lowest BCUT2D eigenvalue weighted by Crippen LogP contribution is -2.37. The molecule has 0 saturated carbocycles. The zero-order valence-electron chi connectivity index (χ0n) is 39.9. The maximum Gasteiger partial charge on any atom is 0.472 e. The summed E-state index contributed by atoms with van der Waals surface area (Å²) < 4.78 is 35.0. The quantitative estimate of drug-likeness (QED) is 0.0214. The van der Waals surface area contributed by atoms with Gasteiger partial charge in [-0.3, -0.25) is 13.8 Å². The minimum atomic E-state index is -4.30. The number of phosphoric acid groups is 1. The minimum Gasteiger partial charge on any atom is -0.457 e. The van der Waals surface area contributed by atoms with Gasteiger partial charge in [-0.05, 0) is 89.9 Å². The number of phosphoric ester groups is 1. The highest BCUT2D eigenvalue weighted by atomic mass is 31.2. The van der Waals surface area contributed by atoms with Gasteiger partial charge in [-0.2, -0.15) is 0 Å². The molecule has 0 spiro atoms. The van der Waals surface area contributed by atoms with Crippen molar-refractivity contribution in [2.24, 2.45) is 0 Å². The maximum absolute atomic E-state index is 12.7. The first-order chi connectivity index (χ1) is 29.6. The Morgan fingerprint density at radius 1 is 0.525 bits per heavy atom. The van der Waals surface area contributed by atoms with Crippen LogP contribution in [0.15, 0.2) is 85.1 Å². The van der Waals surface area contributed by atoms with Gasteiger partial charge in [-0.15, -0.1) is 0 Å². The Kier molecular flexibility index (Phi) is 42.6. The monoisotopic (exact) mass is 875 g/mol. The molecule has 0 aliphatic heterocycles. The van der Waals surface area contributed by atoms with E-state index in [0.717, 1.165) is 89.9 Å². The lowest BCUT2D eigenvalue weighted by molar-refractivity contribution is -0.870. The molecule has 2 unspecified atom stereocenters. The van der Waals surface area contributed by atoms with Crippen LogP contribution < -0.4 is 0 Å². The number of esters is 1. The molecular weight excluding hydrogens is 782 g/mol. The highest BCUT2D eigenvalue weighted by Crippen LogP contribution is 2.43. The van der Waals surface area contributed by atoms with Crippen molar-refractivity contribution in [3.05, 3.63) is 85.1 Å². The third-order valence-corrected chi connectivity index (χ3v) is 10.9. The van der Waals surface area contributed by atoms with Crippen LogP contribution in [0.4, 0.5) is 0 Å². The molecule has 0 amide bonds. The number of likely N-dealkylation sites (N-methyl/N-ethyl adjacent to an activating group) is 1. The molecule has 61 heavy (non-hydrogen) atoms. The van der Waals surface area contributed by atoms with Gasteiger partial charge in [0.05, 0.1) is 34.4 Å². The summed E-state index contributed by atoms with van der Waals surface area (Å²) in [5.74, 6) is -0.335. The Morgan fingerprint density at radius 3 is 1.43 bits per heavy atom. The smallest absolute Gasteiger partial charge is 0.457 e. The fraction of sp³-hybridized carbons (Fsp3) is 0.712. The molecule has 0 radical (unpaired) electrons. The number of nitrogens with zero attached hydrogens (tertiary/aromatic N) is 1. The molecule has 8 nitrogen and oxygen atoms in total. The van der Waals surface area contributed by atoms with Gasteiger partial charge in [0.25, 0.3) is 0 Å². The van der Waals surface area contributed by atoms with Crippen LogP contribution in [0.2, 0.25) is 0 Å². The molecule has 9 heteroatoms. The van der Waals surface area contributed by atoms with E-state index in [9.17, 15) is 14.3 Å². The van der Waals surface area contributed by atoms with Gasteiger partial charge in [0.15, 0.2) is 0 Å². The van der Waals surface area contributed by atoms with Crippen molar-refractivity contribution < 1.29 is 37.3 Å². The van der Waals surface area contributed by atoms with Crippen LogP contribution in [-0.4, -0.2) is 75.6 Å². The normalized spacial score (nSPS) is 14.4. The van der Waals surface area contributed by atoms with E-state index in [-0.39, 0.29) is 25.8 Å². The standard InChI is InChI=1S/C52H92NO7P/c1-6-8-10-12-14-16-18-20-22-24-25-26-27-28-29-30-31-33-35-37-39-41-43-45-52(54)60-51(50-59-61(55,56)58-48-46-53(3,4)5)49-57-47-44-42-40-38-36-34-32-23-21-19-17-15-13-11-9-7-2/h9,11,15,17-18,20-21,23-25,27-28,34,36,51H,6-8,10,12-14,16,19,22,26,29-33,35,37-50H2,1-5H3/p+1/b11-9-,17-15-,20-18-,23-21-,25-24-,28-27-,36-34-. The second-order valence-corrected chi connectivity index (χ2v) is 18.6. The molecule has 0 aromatic heterocycles. The molecule has 0 aromatic carbocycles. The van der Waals surface area contributed by atoms with Crippen LogP contribution in [0.1, 0.15) is 181 Å². The summed E-state index contributed by atoms with van der Waals surface area (Å²) in [4.78, 5) is 23.0. The Morgan fingerprint density at radius 2 is 0.951 bits per heavy atom. The van der Waals surface area contributed by atoms with E-state index in [2.05, 4.69) is 98.9 Å². The van der Waals surface area contributed by atoms with E-state index >= 15 is 0 Å². The first-order valence-corrected chi connectivity index (χ1v) is 25.8. The summed E-state index contributed by atoms with van der Waals surface area (Å²) in [7, 11) is 1.63. The Hall–Kier alpha value is -2.32. The maximum atomic E-state index is 12.7. The van der Waals surface area contributed by atoms with Crippen molar-refractivity contribution in [2.45, 2.75) is 187 Å². The van der Waals surface area contributed by atoms with E-state index in [4.69, 9.17) is 18.5 Å². The van der Waals surface area contributed by atoms with Crippen LogP contribution in [0.5, 0.6) is 0 Å². The first-order valence-electron chi connectivity index (χ1n) is 24.3. The summed E-state index contributed by atoms with van der Waals surface area (Å²) in [5.41, 5.74) is 0. The number of carbonyl (C=O) groups excluding carboxylic acids is 1. The second-order valence-electron chi connectivity index (χ2n) is 17.1. The van der Waals surface area contributed by atoms with Crippen molar-refractivity contribution in [1.82, 2.24) is 0 Å². The van der Waals surface area contributed by atoms with E-state index in [1.54, 1.807) is 0 Å². The molecule has 0 bridgehead atoms. The van der Waals surface area contributed by atoms with Crippen LogP contribution in [-0.2, 0) is 27.9 Å². The van der Waals surface area contributed by atoms with Gasteiger partial charge in [0.1, 0.15) is 19.3 Å². The summed E-state index contributed by atoms with van der Waals surface area (Å²) >= 11 is 0. The third-order valence-electron chi connectivity index (χ3n) is 9.94. The van der Waals surface area contributed by atoms with E-state index in [1.807, 2.05) is 21.1 Å². The topological polar surface area (TPSA) is 91.3 Å². The zero-order valence-corrected chi connectivity index (χ0v) is 40.8. The highest BCUT2D eigenvalue weighted by Gasteiger charge is 2.26. The number of rotatable bonds is 44. The number of hydrogen-bond acceptors (Lipinski definition) is 6. The highest BCUT2D eigenvalue weighted by molar-refractivity contribution is 7.47. The van der Waals surface area contributed by atoms with Crippen molar-refractivity contribution in [1.29, 1.82) is 0 Å². The van der Waals surface area contributed by atoms with E-state index in [0.29, 0.717) is 24.1 Å². The molecule has 0 rings (SSSR count). The Bertz CT molecular complexity index is 1250. The Labute approximate surface area is 375 Å². The largest absolute Gasteiger partial charge is 0.472 e. The fourth-order valence-electron chi connectivity index (χ4n) is 6.20. The number of unbranched alkanes of at least 4 members (excludes halogenated alkanes) is 16. The number of hydrogen-bond donors (Lipinski definition) is 1. The van der Waals surface area contributed by atoms with Crippen molar-refractivity contribution in [3.8, 4) is 0 Å². The fourth-order valence-corrected chi connectivity index (χ4v) is 6.94. The average Bonchev–Trinajstić information content (AvgIpc) is 3.22. The summed E-state index contributed by atoms with van der Waals surface area (Å²) in [6.07, 6.45) is 59.1. The van der Waals surface area contributed by atoms with Gasteiger partial charge < -0.3 is 18.9 Å². The van der Waals surface area contributed by atoms with Gasteiger partial charge in [0.2, 0.25) is 0 Å². The van der Waals surface area contributed by atoms with Gasteiger partial charge in [-0.1, -0.05) is 170 Å². The number of ether oxygens (including phenoxy) is 2. The predicted molar refractivity (Wildman–Crippen MR) is 261 cm³/mol. The molecular formula is C52H93NO7P+. The van der Waals surface area contributed by atoms with Crippen LogP contribution >= 0.6 is 7.82 Å². The van der Waals surface area contributed by atoms with E-state index in [1.165, 1.54) is 70.6 Å². The lowest BCUT2D eigenvalue weighted by atomic mass is 10.1. The van der Waals surface area contributed by atoms with Crippen LogP contribution in [0, 0.1) is 0 Å². The van der Waals surface area contributed by atoms with Crippen molar-refractivity contribution in [3.63, 3.8) is 0 Å². The molecule has 352 valence electrons. The lowest BCUT2D eigenvalue weighted by Gasteiger charge is -2.24. The van der Waals surface area contributed by atoms with Gasteiger partial charge in [-0.25, -0.2) is 4.57 Å². The zero-order chi connectivity index (χ0) is 44.8. The molecule has 0 fully saturated rings. The van der Waals surface area contributed by atoms with Crippen molar-refractivity contribution in [2.75, 3.05) is 54.1 Å². The van der Waals surface area contributed by atoms with Crippen LogP contribution in [0.3, 0.4) is 0 Å². The molecule has 0 aliphatic carbocycles. The molecule has 0 saturated heterocycles. The number of quaternary nitrogens is 1. The molecule has 0 aliphatic rings. The summed E-state index contributed by atoms with van der Waals surface area (Å²) in [5, 5.41) is 0. The van der Waals surface area contributed by atoms with Gasteiger partial charge in [0, 0.05) is 13.0 Å². The predicted octanol–water partition coefficient (Wildman–Crippen LogP) is 14.8.